The Kier molecular flexibility index (Phi) is 5.08. The van der Waals surface area contributed by atoms with Gasteiger partial charge in [0.15, 0.2) is 5.13 Å². The van der Waals surface area contributed by atoms with Crippen LogP contribution in [0.4, 0.5) is 5.13 Å². The van der Waals surface area contributed by atoms with Crippen molar-refractivity contribution in [1.82, 2.24) is 4.98 Å². The quantitative estimate of drug-likeness (QED) is 0.858. The van der Waals surface area contributed by atoms with Gasteiger partial charge < -0.3 is 4.74 Å². The highest BCUT2D eigenvalue weighted by molar-refractivity contribution is 7.15. The SMILES string of the molecule is CCc1sc(C(=O)Nc2nc(CC(=O)OC)cs2)cc1C. The highest BCUT2D eigenvalue weighted by Crippen LogP contribution is 2.24. The Hall–Kier alpha value is -1.73. The van der Waals surface area contributed by atoms with Crippen LogP contribution in [0.3, 0.4) is 0 Å². The summed E-state index contributed by atoms with van der Waals surface area (Å²) in [7, 11) is 1.34. The lowest BCUT2D eigenvalue weighted by Crippen LogP contribution is -2.10. The van der Waals surface area contributed by atoms with Gasteiger partial charge in [0.1, 0.15) is 0 Å². The summed E-state index contributed by atoms with van der Waals surface area (Å²) in [5, 5.41) is 4.99. The van der Waals surface area contributed by atoms with E-state index in [1.54, 1.807) is 5.38 Å². The van der Waals surface area contributed by atoms with E-state index in [9.17, 15) is 9.59 Å². The lowest BCUT2D eigenvalue weighted by Gasteiger charge is -1.98. The minimum Gasteiger partial charge on any atom is -0.469 e. The van der Waals surface area contributed by atoms with E-state index in [1.807, 2.05) is 13.0 Å². The van der Waals surface area contributed by atoms with Crippen LogP contribution in [-0.2, 0) is 22.4 Å². The molecule has 1 amide bonds. The number of carbonyl (C=O) groups is 2. The smallest absolute Gasteiger partial charge is 0.311 e. The molecular weight excluding hydrogens is 308 g/mol. The monoisotopic (exact) mass is 324 g/mol. The number of methoxy groups -OCH3 is 1. The Morgan fingerprint density at radius 3 is 2.81 bits per heavy atom. The van der Waals surface area contributed by atoms with Crippen molar-refractivity contribution >= 4 is 39.7 Å². The van der Waals surface area contributed by atoms with E-state index in [-0.39, 0.29) is 18.3 Å². The molecule has 2 rings (SSSR count). The van der Waals surface area contributed by atoms with E-state index in [0.717, 1.165) is 12.0 Å². The Labute approximate surface area is 131 Å². The van der Waals surface area contributed by atoms with Crippen LogP contribution in [0.2, 0.25) is 0 Å². The zero-order chi connectivity index (χ0) is 15.4. The van der Waals surface area contributed by atoms with Crippen LogP contribution in [0.1, 0.15) is 32.7 Å². The molecule has 0 bridgehead atoms. The number of hydrogen-bond donors (Lipinski definition) is 1. The largest absolute Gasteiger partial charge is 0.469 e. The molecule has 0 aliphatic heterocycles. The van der Waals surface area contributed by atoms with Crippen LogP contribution in [0, 0.1) is 6.92 Å². The first-order valence-electron chi connectivity index (χ1n) is 6.45. The number of thiazole rings is 1. The van der Waals surface area contributed by atoms with Gasteiger partial charge in [-0.25, -0.2) is 4.98 Å². The molecule has 0 fully saturated rings. The molecule has 5 nitrogen and oxygen atoms in total. The first-order chi connectivity index (χ1) is 10.0. The number of esters is 1. The van der Waals surface area contributed by atoms with Gasteiger partial charge in [-0.3, -0.25) is 14.9 Å². The summed E-state index contributed by atoms with van der Waals surface area (Å²) < 4.78 is 4.58. The zero-order valence-electron chi connectivity index (χ0n) is 12.1. The van der Waals surface area contributed by atoms with Crippen LogP contribution in [0.25, 0.3) is 0 Å². The zero-order valence-corrected chi connectivity index (χ0v) is 13.7. The molecule has 0 aliphatic rings. The molecule has 1 N–H and O–H groups in total. The Bertz CT molecular complexity index is 661. The van der Waals surface area contributed by atoms with Gasteiger partial charge in [-0.15, -0.1) is 22.7 Å². The Balaban J connectivity index is 2.03. The summed E-state index contributed by atoms with van der Waals surface area (Å²) in [5.41, 5.74) is 1.73. The fraction of sp³-hybridized carbons (Fsp3) is 0.357. The molecule has 2 aromatic heterocycles. The van der Waals surface area contributed by atoms with Crippen molar-refractivity contribution < 1.29 is 14.3 Å². The van der Waals surface area contributed by atoms with Crippen molar-refractivity contribution in [2.75, 3.05) is 12.4 Å². The number of rotatable bonds is 5. The summed E-state index contributed by atoms with van der Waals surface area (Å²) in [6.45, 7) is 4.07. The minimum absolute atomic E-state index is 0.112. The number of aryl methyl sites for hydroxylation is 2. The predicted octanol–water partition coefficient (Wildman–Crippen LogP) is 3.04. The van der Waals surface area contributed by atoms with E-state index < -0.39 is 0 Å². The number of anilines is 1. The second-order valence-electron chi connectivity index (χ2n) is 4.42. The van der Waals surface area contributed by atoms with Crippen molar-refractivity contribution in [1.29, 1.82) is 0 Å². The third-order valence-electron chi connectivity index (χ3n) is 2.89. The third kappa shape index (κ3) is 3.89. The molecule has 2 aromatic rings. The third-order valence-corrected chi connectivity index (χ3v) is 5.08. The maximum absolute atomic E-state index is 12.2. The maximum atomic E-state index is 12.2. The highest BCUT2D eigenvalue weighted by Gasteiger charge is 2.14. The molecule has 0 unspecified atom stereocenters. The van der Waals surface area contributed by atoms with Gasteiger partial charge >= 0.3 is 5.97 Å². The summed E-state index contributed by atoms with van der Waals surface area (Å²) in [6, 6.07) is 1.89. The second-order valence-corrected chi connectivity index (χ2v) is 6.42. The molecule has 7 heteroatoms. The predicted molar refractivity (Wildman–Crippen MR) is 84.2 cm³/mol. The lowest BCUT2D eigenvalue weighted by molar-refractivity contribution is -0.139. The van der Waals surface area contributed by atoms with Crippen molar-refractivity contribution in [3.05, 3.63) is 32.5 Å². The fourth-order valence-corrected chi connectivity index (χ4v) is 3.52. The Morgan fingerprint density at radius 2 is 2.19 bits per heavy atom. The average Bonchev–Trinajstić information content (AvgIpc) is 3.05. The number of thiophene rings is 1. The molecular formula is C14H16N2O3S2. The van der Waals surface area contributed by atoms with Crippen LogP contribution < -0.4 is 5.32 Å². The number of amides is 1. The average molecular weight is 324 g/mol. The minimum atomic E-state index is -0.348. The van der Waals surface area contributed by atoms with Crippen molar-refractivity contribution in [2.24, 2.45) is 0 Å². The van der Waals surface area contributed by atoms with Crippen molar-refractivity contribution in [3.8, 4) is 0 Å². The fourth-order valence-electron chi connectivity index (χ4n) is 1.81. The molecule has 0 atom stereocenters. The van der Waals surface area contributed by atoms with Crippen LogP contribution in [-0.4, -0.2) is 24.0 Å². The first-order valence-corrected chi connectivity index (χ1v) is 8.15. The second kappa shape index (κ2) is 6.82. The normalized spacial score (nSPS) is 10.4. The van der Waals surface area contributed by atoms with E-state index in [4.69, 9.17) is 0 Å². The van der Waals surface area contributed by atoms with Crippen molar-refractivity contribution in [3.63, 3.8) is 0 Å². The van der Waals surface area contributed by atoms with Crippen LogP contribution >= 0.6 is 22.7 Å². The van der Waals surface area contributed by atoms with Gasteiger partial charge in [0.05, 0.1) is 24.1 Å². The molecule has 112 valence electrons. The Morgan fingerprint density at radius 1 is 1.43 bits per heavy atom. The summed E-state index contributed by atoms with van der Waals surface area (Å²) in [5.74, 6) is -0.513. The maximum Gasteiger partial charge on any atom is 0.311 e. The molecule has 0 saturated heterocycles. The highest BCUT2D eigenvalue weighted by atomic mass is 32.1. The lowest BCUT2D eigenvalue weighted by atomic mass is 10.2. The molecule has 0 aliphatic carbocycles. The van der Waals surface area contributed by atoms with E-state index >= 15 is 0 Å². The number of hydrogen-bond acceptors (Lipinski definition) is 6. The summed E-state index contributed by atoms with van der Waals surface area (Å²) in [6.07, 6.45) is 1.03. The van der Waals surface area contributed by atoms with E-state index in [1.165, 1.54) is 34.7 Å². The molecule has 2 heterocycles. The molecule has 0 saturated carbocycles. The van der Waals surface area contributed by atoms with Crippen LogP contribution in [0.5, 0.6) is 0 Å². The van der Waals surface area contributed by atoms with Gasteiger partial charge in [-0.2, -0.15) is 0 Å². The van der Waals surface area contributed by atoms with Gasteiger partial charge in [-0.1, -0.05) is 6.92 Å². The van der Waals surface area contributed by atoms with Gasteiger partial charge in [-0.05, 0) is 25.0 Å². The van der Waals surface area contributed by atoms with Crippen molar-refractivity contribution in [2.45, 2.75) is 26.7 Å². The molecule has 0 radical (unpaired) electrons. The van der Waals surface area contributed by atoms with E-state index in [0.29, 0.717) is 15.7 Å². The topological polar surface area (TPSA) is 68.3 Å². The number of aromatic nitrogens is 1. The first kappa shape index (κ1) is 15.7. The number of ether oxygens (including phenoxy) is 1. The summed E-state index contributed by atoms with van der Waals surface area (Å²) in [4.78, 5) is 29.4. The summed E-state index contributed by atoms with van der Waals surface area (Å²) >= 11 is 2.79. The molecule has 0 spiro atoms. The standard InChI is InChI=1S/C14H16N2O3S2/c1-4-10-8(2)5-11(21-10)13(18)16-14-15-9(7-20-14)6-12(17)19-3/h5,7H,4,6H2,1-3H3,(H,15,16,18). The van der Waals surface area contributed by atoms with E-state index in [2.05, 4.69) is 22.0 Å². The number of carbonyl (C=O) groups excluding carboxylic acids is 2. The molecule has 0 aromatic carbocycles. The number of nitrogens with zero attached hydrogens (tertiary/aromatic N) is 1. The van der Waals surface area contributed by atoms with Gasteiger partial charge in [0, 0.05) is 10.3 Å². The molecule has 21 heavy (non-hydrogen) atoms. The number of nitrogens with one attached hydrogen (secondary N) is 1. The van der Waals surface area contributed by atoms with Gasteiger partial charge in [0.2, 0.25) is 0 Å². The van der Waals surface area contributed by atoms with Crippen LogP contribution in [0.15, 0.2) is 11.4 Å². The van der Waals surface area contributed by atoms with Gasteiger partial charge in [0.25, 0.3) is 5.91 Å².